The molecule has 0 bridgehead atoms. The van der Waals surface area contributed by atoms with Crippen molar-refractivity contribution in [3.05, 3.63) is 107 Å². The van der Waals surface area contributed by atoms with Gasteiger partial charge < -0.3 is 28.1 Å². The van der Waals surface area contributed by atoms with Crippen molar-refractivity contribution in [1.29, 1.82) is 0 Å². The van der Waals surface area contributed by atoms with E-state index in [2.05, 4.69) is 62.5 Å². The molecule has 14 nitrogen and oxygen atoms in total. The molecule has 0 spiro atoms. The predicted molar refractivity (Wildman–Crippen MR) is 249 cm³/mol. The molecule has 0 aliphatic rings. The van der Waals surface area contributed by atoms with Crippen molar-refractivity contribution in [2.45, 2.75) is 140 Å². The number of ether oxygens (including phenoxy) is 4. The Balaban J connectivity index is 0.00000124. The maximum Gasteiger partial charge on any atom is 2.00 e. The Morgan fingerprint density at radius 2 is 0.662 bits per heavy atom. The van der Waals surface area contributed by atoms with Gasteiger partial charge in [-0.2, -0.15) is 0 Å². The van der Waals surface area contributed by atoms with Crippen LogP contribution in [-0.4, -0.2) is 114 Å². The zero-order valence-corrected chi connectivity index (χ0v) is 42.3. The Bertz CT molecular complexity index is 1930. The fourth-order valence-electron chi connectivity index (χ4n) is 5.62. The zero-order chi connectivity index (χ0) is 47.6. The van der Waals surface area contributed by atoms with Gasteiger partial charge in [0.2, 0.25) is 0 Å². The monoisotopic (exact) mass is 970 g/mol. The van der Waals surface area contributed by atoms with E-state index < -0.39 is 53.9 Å². The summed E-state index contributed by atoms with van der Waals surface area (Å²) in [6.07, 6.45) is 29.7. The largest absolute Gasteiger partial charge is 2.00 e. The van der Waals surface area contributed by atoms with E-state index in [0.29, 0.717) is 25.7 Å². The van der Waals surface area contributed by atoms with Gasteiger partial charge in [-0.15, -0.1) is 0 Å². The SMILES string of the molecule is CC/C=C/CCCCOC(=O)c1ccc(S(=O)(=O)[O-])cc1C(=O)OCCCC/C=C/CC.CC/C=C/CCCCOC(=O)c1ccc(S(=O)(=O)[O-])cc1C(=O)OCCCC/C=C/CC.[Ca+2]. The van der Waals surface area contributed by atoms with Gasteiger partial charge in [0.15, 0.2) is 0 Å². The van der Waals surface area contributed by atoms with Gasteiger partial charge in [-0.1, -0.05) is 76.3 Å². The molecule has 0 atom stereocenters. The number of allylic oxidation sites excluding steroid dienone is 8. The van der Waals surface area contributed by atoms with Gasteiger partial charge in [-0.25, -0.2) is 36.0 Å². The third kappa shape index (κ3) is 27.6. The topological polar surface area (TPSA) is 220 Å². The van der Waals surface area contributed by atoms with Gasteiger partial charge in [-0.3, -0.25) is 0 Å². The minimum atomic E-state index is -4.80. The smallest absolute Gasteiger partial charge is 0.744 e. The van der Waals surface area contributed by atoms with Gasteiger partial charge in [0.1, 0.15) is 20.2 Å². The molecule has 17 heteroatoms. The second kappa shape index (κ2) is 36.5. The van der Waals surface area contributed by atoms with Crippen molar-refractivity contribution in [2.75, 3.05) is 26.4 Å². The first-order valence-corrected chi connectivity index (χ1v) is 24.9. The third-order valence-corrected chi connectivity index (χ3v) is 10.7. The van der Waals surface area contributed by atoms with Crippen LogP contribution in [0, 0.1) is 0 Å². The number of esters is 4. The van der Waals surface area contributed by atoms with Crippen LogP contribution in [0.2, 0.25) is 0 Å². The van der Waals surface area contributed by atoms with Gasteiger partial charge >= 0.3 is 61.6 Å². The maximum atomic E-state index is 12.5. The molecular formula is C48H66CaO14S2. The first kappa shape index (κ1) is 61.4. The number of hydrogen-bond donors (Lipinski definition) is 0. The van der Waals surface area contributed by atoms with Crippen molar-refractivity contribution < 1.29 is 64.1 Å². The molecule has 0 amide bonds. The number of carbonyl (C=O) groups is 4. The fraction of sp³-hybridized carbons (Fsp3) is 0.500. The molecule has 356 valence electrons. The van der Waals surface area contributed by atoms with Crippen LogP contribution in [0.4, 0.5) is 0 Å². The summed E-state index contributed by atoms with van der Waals surface area (Å²) >= 11 is 0. The normalized spacial score (nSPS) is 11.7. The van der Waals surface area contributed by atoms with Crippen LogP contribution in [0.25, 0.3) is 0 Å². The molecule has 65 heavy (non-hydrogen) atoms. The van der Waals surface area contributed by atoms with Gasteiger partial charge in [0.25, 0.3) is 0 Å². The van der Waals surface area contributed by atoms with E-state index in [4.69, 9.17) is 18.9 Å². The number of carbonyl (C=O) groups excluding carboxylic acids is 4. The molecule has 0 unspecified atom stereocenters. The second-order valence-electron chi connectivity index (χ2n) is 14.4. The Morgan fingerprint density at radius 3 is 0.892 bits per heavy atom. The van der Waals surface area contributed by atoms with Gasteiger partial charge in [0, 0.05) is 0 Å². The summed E-state index contributed by atoms with van der Waals surface area (Å²) in [5, 5.41) is 0. The average Bonchev–Trinajstić information content (AvgIpc) is 3.26. The first-order chi connectivity index (χ1) is 30.6. The molecule has 2 aromatic carbocycles. The van der Waals surface area contributed by atoms with Crippen molar-refractivity contribution in [1.82, 2.24) is 0 Å². The van der Waals surface area contributed by atoms with Gasteiger partial charge in [0.05, 0.1) is 58.5 Å². The van der Waals surface area contributed by atoms with Crippen molar-refractivity contribution in [3.63, 3.8) is 0 Å². The van der Waals surface area contributed by atoms with Crippen LogP contribution >= 0.6 is 0 Å². The van der Waals surface area contributed by atoms with E-state index in [1.165, 1.54) is 0 Å². The van der Waals surface area contributed by atoms with E-state index in [1.54, 1.807) is 0 Å². The summed E-state index contributed by atoms with van der Waals surface area (Å²) in [5.41, 5.74) is -0.828. The number of rotatable bonds is 30. The maximum absolute atomic E-state index is 12.5. The summed E-state index contributed by atoms with van der Waals surface area (Å²) in [7, 11) is -9.59. The molecule has 0 saturated heterocycles. The molecule has 0 aromatic heterocycles. The van der Waals surface area contributed by atoms with Crippen molar-refractivity contribution in [2.24, 2.45) is 0 Å². The number of unbranched alkanes of at least 4 members (excludes halogenated alkanes) is 8. The summed E-state index contributed by atoms with van der Waals surface area (Å²) in [5.74, 6) is -3.26. The Kier molecular flexibility index (Phi) is 34.4. The minimum absolute atomic E-state index is 0. The average molecular weight is 971 g/mol. The Morgan fingerprint density at radius 1 is 0.415 bits per heavy atom. The molecule has 0 N–H and O–H groups in total. The second-order valence-corrected chi connectivity index (χ2v) is 17.1. The predicted octanol–water partition coefficient (Wildman–Crippen LogP) is 9.97. The zero-order valence-electron chi connectivity index (χ0n) is 38.5. The van der Waals surface area contributed by atoms with E-state index >= 15 is 0 Å². The summed E-state index contributed by atoms with van der Waals surface area (Å²) < 4.78 is 89.0. The molecule has 2 rings (SSSR count). The molecule has 2 aromatic rings. The third-order valence-electron chi connectivity index (χ3n) is 9.04. The van der Waals surface area contributed by atoms with E-state index in [0.717, 1.165) is 113 Å². The quantitative estimate of drug-likeness (QED) is 0.0178. The number of hydrogen-bond acceptors (Lipinski definition) is 14. The van der Waals surface area contributed by atoms with Crippen LogP contribution in [-0.2, 0) is 39.2 Å². The summed E-state index contributed by atoms with van der Waals surface area (Å²) in [6.45, 7) is 8.76. The first-order valence-electron chi connectivity index (χ1n) is 22.1. The van der Waals surface area contributed by atoms with Crippen LogP contribution in [0.3, 0.4) is 0 Å². The van der Waals surface area contributed by atoms with Gasteiger partial charge in [-0.05, 0) is 139 Å². The molecule has 0 radical (unpaired) electrons. The summed E-state index contributed by atoms with van der Waals surface area (Å²) in [6, 6.07) is 5.96. The van der Waals surface area contributed by atoms with Crippen molar-refractivity contribution in [3.8, 4) is 0 Å². The van der Waals surface area contributed by atoms with E-state index in [9.17, 15) is 45.1 Å². The standard InChI is InChI=1S/2C24H34O7S.Ca/c2*1-3-5-7-9-11-13-17-30-23(25)21-16-15-20(32(27,28)29)19-22(21)24(26)31-18-14-12-10-8-6-4-2;/h2*5-8,15-16,19H,3-4,9-14,17-18H2,1-2H3,(H,27,28,29);/q;;+2/p-2/b2*7-5+,8-6+;. The fourth-order valence-corrected chi connectivity index (χ4v) is 6.61. The van der Waals surface area contributed by atoms with E-state index in [1.807, 2.05) is 13.8 Å². The van der Waals surface area contributed by atoms with Crippen LogP contribution in [0.15, 0.2) is 94.8 Å². The molecule has 0 fully saturated rings. The molecule has 0 saturated carbocycles. The Labute approximate surface area is 416 Å². The molecular weight excluding hydrogens is 905 g/mol. The van der Waals surface area contributed by atoms with E-state index in [-0.39, 0.29) is 86.4 Å². The Hall–Kier alpha value is -3.64. The van der Waals surface area contributed by atoms with Crippen molar-refractivity contribution >= 4 is 81.9 Å². The summed E-state index contributed by atoms with van der Waals surface area (Å²) in [4.78, 5) is 48.7. The molecule has 0 aliphatic carbocycles. The van der Waals surface area contributed by atoms with Crippen LogP contribution in [0.1, 0.15) is 172 Å². The van der Waals surface area contributed by atoms with Crippen LogP contribution < -0.4 is 0 Å². The molecule has 0 heterocycles. The van der Waals surface area contributed by atoms with Crippen LogP contribution in [0.5, 0.6) is 0 Å². The molecule has 0 aliphatic heterocycles. The number of benzene rings is 2. The minimum Gasteiger partial charge on any atom is -0.744 e.